The first-order valence-corrected chi connectivity index (χ1v) is 11.7. The van der Waals surface area contributed by atoms with Crippen molar-refractivity contribution in [3.8, 4) is 34.4 Å². The van der Waals surface area contributed by atoms with Gasteiger partial charge in [0, 0.05) is 18.4 Å². The number of hydrogen-bond acceptors (Lipinski definition) is 5. The van der Waals surface area contributed by atoms with E-state index in [1.807, 2.05) is 35.9 Å². The van der Waals surface area contributed by atoms with E-state index in [1.54, 1.807) is 0 Å². The van der Waals surface area contributed by atoms with Gasteiger partial charge in [0.2, 0.25) is 11.6 Å². The van der Waals surface area contributed by atoms with Crippen LogP contribution in [0.15, 0.2) is 78.9 Å². The first-order chi connectivity index (χ1) is 17.3. The monoisotopic (exact) mass is 459 g/mol. The largest absolute Gasteiger partial charge is 0.234 e. The number of nitrogens with one attached hydrogen (secondary N) is 1. The van der Waals surface area contributed by atoms with Gasteiger partial charge in [-0.2, -0.15) is 10.3 Å². The second kappa shape index (κ2) is 10.6. The Balaban J connectivity index is 1.36. The topological polar surface area (TPSA) is 85.2 Å². The molecule has 1 N–H and O–H groups in total. The van der Waals surface area contributed by atoms with Crippen LogP contribution in [0.25, 0.3) is 22.5 Å². The highest BCUT2D eigenvalue weighted by Gasteiger charge is 2.12. The summed E-state index contributed by atoms with van der Waals surface area (Å²) < 4.78 is 1.91. The Kier molecular flexibility index (Phi) is 6.72. The van der Waals surface area contributed by atoms with Crippen LogP contribution in [0.1, 0.15) is 36.1 Å². The number of nitrogens with zero attached hydrogens (tertiary/aromatic N) is 6. The highest BCUT2D eigenvalue weighted by Crippen LogP contribution is 2.29. The number of H-pyrrole nitrogens is 1. The predicted molar refractivity (Wildman–Crippen MR) is 135 cm³/mol. The van der Waals surface area contributed by atoms with E-state index in [4.69, 9.17) is 10.1 Å². The summed E-state index contributed by atoms with van der Waals surface area (Å²) in [5.74, 6) is 8.42. The molecule has 0 amide bonds. The Morgan fingerprint density at radius 3 is 2.34 bits per heavy atom. The van der Waals surface area contributed by atoms with Crippen LogP contribution in [0, 0.1) is 11.8 Å². The summed E-state index contributed by atoms with van der Waals surface area (Å²) in [4.78, 5) is 4.72. The lowest BCUT2D eigenvalue weighted by atomic mass is 9.98. The lowest BCUT2D eigenvalue weighted by Gasteiger charge is -2.08. The maximum atomic E-state index is 4.78. The average molecular weight is 460 g/mol. The van der Waals surface area contributed by atoms with E-state index < -0.39 is 0 Å². The van der Waals surface area contributed by atoms with Crippen LogP contribution < -0.4 is 0 Å². The zero-order valence-corrected chi connectivity index (χ0v) is 19.5. The van der Waals surface area contributed by atoms with Gasteiger partial charge in [0.1, 0.15) is 0 Å². The van der Waals surface area contributed by atoms with Crippen molar-refractivity contribution in [2.24, 2.45) is 0 Å². The van der Waals surface area contributed by atoms with Gasteiger partial charge in [-0.15, -0.1) is 10.2 Å². The third kappa shape index (κ3) is 5.33. The molecule has 35 heavy (non-hydrogen) atoms. The molecule has 0 aliphatic carbocycles. The van der Waals surface area contributed by atoms with E-state index in [0.717, 1.165) is 47.3 Å². The highest BCUT2D eigenvalue weighted by atomic mass is 15.5. The van der Waals surface area contributed by atoms with Gasteiger partial charge in [-0.1, -0.05) is 91.7 Å². The van der Waals surface area contributed by atoms with E-state index in [0.29, 0.717) is 18.2 Å². The van der Waals surface area contributed by atoms with Gasteiger partial charge in [-0.25, -0.2) is 9.67 Å². The normalized spacial score (nSPS) is 10.7. The van der Waals surface area contributed by atoms with Crippen molar-refractivity contribution in [1.82, 2.24) is 35.4 Å². The van der Waals surface area contributed by atoms with Crippen LogP contribution in [0.5, 0.6) is 0 Å². The van der Waals surface area contributed by atoms with Crippen molar-refractivity contribution in [1.29, 1.82) is 0 Å². The van der Waals surface area contributed by atoms with Crippen LogP contribution >= 0.6 is 0 Å². The Morgan fingerprint density at radius 1 is 0.829 bits per heavy atom. The standard InChI is InChI=1S/C28H25N7/c1-2-3-13-27-29-26(19-16-21-9-5-4-6-10-21)32-35(27)20-22-14-17-23(18-15-22)24-11-7-8-12-25(24)28-30-33-34-31-28/h4-12,14-15,17-18H,2,16,19-20H2,1H3,(H,30,31,33,34). The van der Waals surface area contributed by atoms with E-state index in [-0.39, 0.29) is 0 Å². The SMILES string of the molecule is CCC#Cc1nc(CCc2ccccc2)nn1Cc1ccc(-c2ccccc2-c2nn[nH]n2)cc1. The molecule has 0 saturated carbocycles. The molecule has 0 bridgehead atoms. The number of hydrogen-bond donors (Lipinski definition) is 1. The number of aromatic nitrogens is 7. The minimum absolute atomic E-state index is 0.578. The second-order valence-corrected chi connectivity index (χ2v) is 8.13. The van der Waals surface area contributed by atoms with Gasteiger partial charge in [0.05, 0.1) is 6.54 Å². The molecule has 0 atom stereocenters. The number of tetrazole rings is 1. The van der Waals surface area contributed by atoms with Crippen LogP contribution in [0.2, 0.25) is 0 Å². The molecule has 5 aromatic rings. The molecule has 0 fully saturated rings. The molecule has 0 unspecified atom stereocenters. The molecule has 0 radical (unpaired) electrons. The van der Waals surface area contributed by atoms with Gasteiger partial charge in [-0.3, -0.25) is 0 Å². The molecule has 5 rings (SSSR count). The van der Waals surface area contributed by atoms with Crippen LogP contribution in [-0.4, -0.2) is 35.4 Å². The molecule has 172 valence electrons. The molecule has 7 heteroatoms. The first-order valence-electron chi connectivity index (χ1n) is 11.7. The zero-order chi connectivity index (χ0) is 23.9. The molecule has 7 nitrogen and oxygen atoms in total. The fourth-order valence-electron chi connectivity index (χ4n) is 3.93. The van der Waals surface area contributed by atoms with Crippen molar-refractivity contribution >= 4 is 0 Å². The third-order valence-corrected chi connectivity index (χ3v) is 5.68. The second-order valence-electron chi connectivity index (χ2n) is 8.13. The summed E-state index contributed by atoms with van der Waals surface area (Å²) in [6.07, 6.45) is 2.46. The van der Waals surface area contributed by atoms with Crippen molar-refractivity contribution in [3.05, 3.63) is 102 Å². The summed E-state index contributed by atoms with van der Waals surface area (Å²) in [7, 11) is 0. The van der Waals surface area contributed by atoms with E-state index >= 15 is 0 Å². The van der Waals surface area contributed by atoms with E-state index in [1.165, 1.54) is 5.56 Å². The van der Waals surface area contributed by atoms with Crippen molar-refractivity contribution in [3.63, 3.8) is 0 Å². The minimum atomic E-state index is 0.578. The number of aryl methyl sites for hydroxylation is 2. The summed E-state index contributed by atoms with van der Waals surface area (Å²) in [5.41, 5.74) is 5.48. The van der Waals surface area contributed by atoms with Gasteiger partial charge in [-0.05, 0) is 39.8 Å². The fourth-order valence-corrected chi connectivity index (χ4v) is 3.93. The maximum Gasteiger partial charge on any atom is 0.205 e. The number of rotatable bonds is 7. The molecular formula is C28H25N7. The Morgan fingerprint density at radius 2 is 1.60 bits per heavy atom. The molecule has 2 heterocycles. The molecule has 2 aromatic heterocycles. The van der Waals surface area contributed by atoms with Crippen LogP contribution in [-0.2, 0) is 19.4 Å². The van der Waals surface area contributed by atoms with Crippen LogP contribution in [0.3, 0.4) is 0 Å². The molecular weight excluding hydrogens is 434 g/mol. The van der Waals surface area contributed by atoms with Gasteiger partial charge < -0.3 is 0 Å². The van der Waals surface area contributed by atoms with Crippen molar-refractivity contribution < 1.29 is 0 Å². The lowest BCUT2D eigenvalue weighted by molar-refractivity contribution is 0.662. The zero-order valence-electron chi connectivity index (χ0n) is 19.5. The van der Waals surface area contributed by atoms with Crippen LogP contribution in [0.4, 0.5) is 0 Å². The Labute approximate surface area is 204 Å². The highest BCUT2D eigenvalue weighted by molar-refractivity contribution is 5.80. The molecule has 0 spiro atoms. The lowest BCUT2D eigenvalue weighted by Crippen LogP contribution is -2.05. The minimum Gasteiger partial charge on any atom is -0.234 e. The van der Waals surface area contributed by atoms with Gasteiger partial charge in [0.15, 0.2) is 5.82 Å². The molecule has 0 aliphatic heterocycles. The van der Waals surface area contributed by atoms with Gasteiger partial charge >= 0.3 is 0 Å². The number of benzene rings is 3. The Hall–Kier alpha value is -4.57. The predicted octanol–water partition coefficient (Wildman–Crippen LogP) is 4.72. The summed E-state index contributed by atoms with van der Waals surface area (Å²) >= 11 is 0. The van der Waals surface area contributed by atoms with E-state index in [9.17, 15) is 0 Å². The van der Waals surface area contributed by atoms with E-state index in [2.05, 4.69) is 87.1 Å². The smallest absolute Gasteiger partial charge is 0.205 e. The third-order valence-electron chi connectivity index (χ3n) is 5.68. The average Bonchev–Trinajstić information content (AvgIpc) is 3.58. The maximum absolute atomic E-state index is 4.78. The van der Waals surface area contributed by atoms with Crippen molar-refractivity contribution in [2.45, 2.75) is 32.7 Å². The Bertz CT molecular complexity index is 1440. The molecule has 0 saturated heterocycles. The van der Waals surface area contributed by atoms with Crippen molar-refractivity contribution in [2.75, 3.05) is 0 Å². The summed E-state index contributed by atoms with van der Waals surface area (Å²) in [5, 5.41) is 19.3. The first kappa shape index (κ1) is 22.2. The summed E-state index contributed by atoms with van der Waals surface area (Å²) in [6, 6.07) is 26.9. The van der Waals surface area contributed by atoms with Gasteiger partial charge in [0.25, 0.3) is 0 Å². The quantitative estimate of drug-likeness (QED) is 0.356. The number of aromatic amines is 1. The summed E-state index contributed by atoms with van der Waals surface area (Å²) in [6.45, 7) is 2.65. The molecule has 0 aliphatic rings. The molecule has 3 aromatic carbocycles. The fraction of sp³-hybridized carbons (Fsp3) is 0.179.